The van der Waals surface area contributed by atoms with Gasteiger partial charge in [-0.25, -0.2) is 4.98 Å². The first-order valence-electron chi connectivity index (χ1n) is 6.18. The Morgan fingerprint density at radius 3 is 3.17 bits per heavy atom. The standard InChI is InChI=1S/C12H16N6/c13-12-17-10(9-11(18-12)16-7-15-9)14-6-8-4-2-1-3-5-8/h1-2,7-8H,3-6H2,(H4,13,14,15,16,17,18). The lowest BCUT2D eigenvalue weighted by Gasteiger charge is -2.18. The van der Waals surface area contributed by atoms with Gasteiger partial charge in [-0.2, -0.15) is 9.97 Å². The molecule has 0 radical (unpaired) electrons. The fourth-order valence-electron chi connectivity index (χ4n) is 2.26. The summed E-state index contributed by atoms with van der Waals surface area (Å²) >= 11 is 0. The lowest BCUT2D eigenvalue weighted by molar-refractivity contribution is 0.504. The summed E-state index contributed by atoms with van der Waals surface area (Å²) < 4.78 is 0. The molecule has 6 nitrogen and oxygen atoms in total. The number of anilines is 2. The molecule has 0 aromatic carbocycles. The summed E-state index contributed by atoms with van der Waals surface area (Å²) in [6.45, 7) is 0.898. The molecule has 1 atom stereocenters. The number of hydrogen-bond acceptors (Lipinski definition) is 5. The van der Waals surface area contributed by atoms with Crippen LogP contribution in [-0.2, 0) is 0 Å². The SMILES string of the molecule is Nc1nc(NCC2CC=CCC2)c2[nH]cnc2n1. The molecule has 1 unspecified atom stereocenters. The zero-order chi connectivity index (χ0) is 12.4. The van der Waals surface area contributed by atoms with Crippen LogP contribution < -0.4 is 11.1 Å². The largest absolute Gasteiger partial charge is 0.368 e. The molecular formula is C12H16N6. The van der Waals surface area contributed by atoms with Gasteiger partial charge in [0.05, 0.1) is 6.33 Å². The molecule has 18 heavy (non-hydrogen) atoms. The molecule has 0 amide bonds. The van der Waals surface area contributed by atoms with E-state index in [9.17, 15) is 0 Å². The van der Waals surface area contributed by atoms with Crippen molar-refractivity contribution in [3.63, 3.8) is 0 Å². The number of rotatable bonds is 3. The number of aromatic nitrogens is 4. The quantitative estimate of drug-likeness (QED) is 0.715. The van der Waals surface area contributed by atoms with Gasteiger partial charge in [-0.3, -0.25) is 0 Å². The van der Waals surface area contributed by atoms with Crippen LogP contribution in [-0.4, -0.2) is 26.5 Å². The van der Waals surface area contributed by atoms with Crippen LogP contribution in [0.1, 0.15) is 19.3 Å². The van der Waals surface area contributed by atoms with Gasteiger partial charge in [-0.15, -0.1) is 0 Å². The summed E-state index contributed by atoms with van der Waals surface area (Å²) in [5.74, 6) is 1.65. The van der Waals surface area contributed by atoms with E-state index in [1.807, 2.05) is 0 Å². The number of nitrogens with zero attached hydrogens (tertiary/aromatic N) is 3. The third-order valence-electron chi connectivity index (χ3n) is 3.24. The highest BCUT2D eigenvalue weighted by molar-refractivity contribution is 5.83. The van der Waals surface area contributed by atoms with Gasteiger partial charge in [0.1, 0.15) is 5.52 Å². The molecular weight excluding hydrogens is 228 g/mol. The number of H-pyrrole nitrogens is 1. The van der Waals surface area contributed by atoms with E-state index in [1.165, 1.54) is 6.42 Å². The van der Waals surface area contributed by atoms with Crippen molar-refractivity contribution in [2.45, 2.75) is 19.3 Å². The van der Waals surface area contributed by atoms with Crippen LogP contribution in [0.4, 0.5) is 11.8 Å². The summed E-state index contributed by atoms with van der Waals surface area (Å²) in [6.07, 6.45) is 9.60. The molecule has 6 heteroatoms. The molecule has 1 aliphatic carbocycles. The van der Waals surface area contributed by atoms with Crippen LogP contribution >= 0.6 is 0 Å². The van der Waals surface area contributed by atoms with E-state index < -0.39 is 0 Å². The van der Waals surface area contributed by atoms with Gasteiger partial charge in [-0.1, -0.05) is 12.2 Å². The molecule has 0 aliphatic heterocycles. The van der Waals surface area contributed by atoms with Gasteiger partial charge < -0.3 is 16.0 Å². The van der Waals surface area contributed by atoms with Gasteiger partial charge in [0.25, 0.3) is 0 Å². The first-order valence-corrected chi connectivity index (χ1v) is 6.18. The maximum absolute atomic E-state index is 5.67. The van der Waals surface area contributed by atoms with Gasteiger partial charge >= 0.3 is 0 Å². The second-order valence-corrected chi connectivity index (χ2v) is 4.56. The van der Waals surface area contributed by atoms with E-state index in [4.69, 9.17) is 5.73 Å². The van der Waals surface area contributed by atoms with Crippen LogP contribution in [0.3, 0.4) is 0 Å². The highest BCUT2D eigenvalue weighted by Crippen LogP contribution is 2.21. The van der Waals surface area contributed by atoms with Crippen LogP contribution in [0.25, 0.3) is 11.2 Å². The third-order valence-corrected chi connectivity index (χ3v) is 3.24. The van der Waals surface area contributed by atoms with Crippen molar-refractivity contribution in [3.8, 4) is 0 Å². The minimum atomic E-state index is 0.251. The molecule has 0 saturated heterocycles. The number of aromatic amines is 1. The summed E-state index contributed by atoms with van der Waals surface area (Å²) in [4.78, 5) is 15.4. The number of nitrogens with two attached hydrogens (primary N) is 1. The zero-order valence-corrected chi connectivity index (χ0v) is 10.1. The molecule has 2 aromatic heterocycles. The number of imidazole rings is 1. The molecule has 1 aliphatic rings. The molecule has 0 bridgehead atoms. The van der Waals surface area contributed by atoms with Crippen molar-refractivity contribution >= 4 is 22.9 Å². The highest BCUT2D eigenvalue weighted by Gasteiger charge is 2.12. The van der Waals surface area contributed by atoms with E-state index in [2.05, 4.69) is 37.4 Å². The molecule has 2 aromatic rings. The number of allylic oxidation sites excluding steroid dienone is 2. The van der Waals surface area contributed by atoms with Crippen molar-refractivity contribution in [1.82, 2.24) is 19.9 Å². The Labute approximate surface area is 105 Å². The Morgan fingerprint density at radius 2 is 2.33 bits per heavy atom. The fourth-order valence-corrected chi connectivity index (χ4v) is 2.26. The average Bonchev–Trinajstić information content (AvgIpc) is 2.85. The summed E-state index contributed by atoms with van der Waals surface area (Å²) in [7, 11) is 0. The second kappa shape index (κ2) is 4.64. The highest BCUT2D eigenvalue weighted by atomic mass is 15.1. The summed E-state index contributed by atoms with van der Waals surface area (Å²) in [5.41, 5.74) is 7.09. The molecule has 0 spiro atoms. The third kappa shape index (κ3) is 2.13. The fraction of sp³-hybridized carbons (Fsp3) is 0.417. The number of hydrogen-bond donors (Lipinski definition) is 3. The monoisotopic (exact) mass is 244 g/mol. The molecule has 0 saturated carbocycles. The second-order valence-electron chi connectivity index (χ2n) is 4.56. The minimum absolute atomic E-state index is 0.251. The van der Waals surface area contributed by atoms with Crippen LogP contribution in [0.2, 0.25) is 0 Å². The van der Waals surface area contributed by atoms with Crippen molar-refractivity contribution in [3.05, 3.63) is 18.5 Å². The van der Waals surface area contributed by atoms with Gasteiger partial charge in [0.2, 0.25) is 5.95 Å². The van der Waals surface area contributed by atoms with Gasteiger partial charge in [0, 0.05) is 6.54 Å². The lowest BCUT2D eigenvalue weighted by Crippen LogP contribution is -2.16. The topological polar surface area (TPSA) is 92.5 Å². The lowest BCUT2D eigenvalue weighted by atomic mass is 9.94. The smallest absolute Gasteiger partial charge is 0.224 e. The van der Waals surface area contributed by atoms with E-state index in [-0.39, 0.29) is 5.95 Å². The Hall–Kier alpha value is -2.11. The predicted octanol–water partition coefficient (Wildman–Crippen LogP) is 1.70. The Morgan fingerprint density at radius 1 is 1.39 bits per heavy atom. The average molecular weight is 244 g/mol. The Bertz CT molecular complexity index is 573. The Balaban J connectivity index is 1.77. The van der Waals surface area contributed by atoms with E-state index in [1.54, 1.807) is 6.33 Å². The van der Waals surface area contributed by atoms with Crippen molar-refractivity contribution in [2.75, 3.05) is 17.6 Å². The zero-order valence-electron chi connectivity index (χ0n) is 10.1. The number of fused-ring (bicyclic) bond motifs is 1. The Kier molecular flexibility index (Phi) is 2.84. The van der Waals surface area contributed by atoms with Crippen LogP contribution in [0, 0.1) is 5.92 Å². The molecule has 3 rings (SSSR count). The molecule has 2 heterocycles. The normalized spacial score (nSPS) is 19.2. The number of nitrogen functional groups attached to an aromatic ring is 1. The molecule has 0 fully saturated rings. The van der Waals surface area contributed by atoms with Crippen molar-refractivity contribution in [2.24, 2.45) is 5.92 Å². The van der Waals surface area contributed by atoms with Crippen LogP contribution in [0.15, 0.2) is 18.5 Å². The van der Waals surface area contributed by atoms with Crippen molar-refractivity contribution in [1.29, 1.82) is 0 Å². The molecule has 94 valence electrons. The minimum Gasteiger partial charge on any atom is -0.368 e. The van der Waals surface area contributed by atoms with E-state index in [0.29, 0.717) is 11.6 Å². The van der Waals surface area contributed by atoms with Crippen molar-refractivity contribution < 1.29 is 0 Å². The number of nitrogens with one attached hydrogen (secondary N) is 2. The van der Waals surface area contributed by atoms with Crippen LogP contribution in [0.5, 0.6) is 0 Å². The first kappa shape index (κ1) is 11.0. The summed E-state index contributed by atoms with van der Waals surface area (Å²) in [5, 5.41) is 3.35. The van der Waals surface area contributed by atoms with E-state index >= 15 is 0 Å². The van der Waals surface area contributed by atoms with Gasteiger partial charge in [0.15, 0.2) is 11.5 Å². The van der Waals surface area contributed by atoms with E-state index in [0.717, 1.165) is 30.7 Å². The maximum Gasteiger partial charge on any atom is 0.224 e. The predicted molar refractivity (Wildman–Crippen MR) is 71.1 cm³/mol. The maximum atomic E-state index is 5.67. The molecule has 4 N–H and O–H groups in total. The van der Waals surface area contributed by atoms with Gasteiger partial charge in [-0.05, 0) is 25.2 Å². The summed E-state index contributed by atoms with van der Waals surface area (Å²) in [6, 6.07) is 0. The first-order chi connectivity index (χ1) is 8.83.